The van der Waals surface area contributed by atoms with Gasteiger partial charge in [-0.05, 0) is 55.7 Å². The molecule has 0 saturated carbocycles. The molecule has 5 heterocycles. The molecule has 0 aliphatic carbocycles. The molecule has 0 bridgehead atoms. The number of hydrogen-bond acceptors (Lipinski definition) is 10. The number of likely N-dealkylation sites (tertiary alicyclic amines) is 1. The molecule has 0 radical (unpaired) electrons. The first-order valence-corrected chi connectivity index (χ1v) is 14.2. The number of nitrogens with zero attached hydrogens (tertiary/aromatic N) is 6. The smallest absolute Gasteiger partial charge is 0.356 e. The summed E-state index contributed by atoms with van der Waals surface area (Å²) in [5.74, 6) is 0.369. The Bertz CT molecular complexity index is 1660. The largest absolute Gasteiger partial charge is 0.484 e. The molecule has 2 aliphatic heterocycles. The van der Waals surface area contributed by atoms with Gasteiger partial charge in [0.1, 0.15) is 24.1 Å². The van der Waals surface area contributed by atoms with Crippen LogP contribution in [-0.4, -0.2) is 69.4 Å². The Morgan fingerprint density at radius 1 is 1.12 bits per heavy atom. The molecule has 1 atom stereocenters. The number of carbonyl (C=O) groups is 1. The van der Waals surface area contributed by atoms with Gasteiger partial charge in [0.05, 0.1) is 43.6 Å². The third-order valence-electron chi connectivity index (χ3n) is 7.65. The molecular weight excluding hydrogens is 555 g/mol. The minimum atomic E-state index is -0.590. The van der Waals surface area contributed by atoms with Gasteiger partial charge in [-0.3, -0.25) is 4.90 Å². The van der Waals surface area contributed by atoms with E-state index in [0.29, 0.717) is 30.3 Å². The number of pyridine rings is 2. The highest BCUT2D eigenvalue weighted by molar-refractivity contribution is 5.89. The van der Waals surface area contributed by atoms with E-state index in [-0.39, 0.29) is 35.8 Å². The Morgan fingerprint density at radius 2 is 1.95 bits per heavy atom. The Morgan fingerprint density at radius 3 is 2.67 bits per heavy atom. The van der Waals surface area contributed by atoms with Crippen LogP contribution in [0.3, 0.4) is 0 Å². The summed E-state index contributed by atoms with van der Waals surface area (Å²) in [4.78, 5) is 28.4. The monoisotopic (exact) mass is 586 g/mol. The summed E-state index contributed by atoms with van der Waals surface area (Å²) in [5, 5.41) is 8.91. The van der Waals surface area contributed by atoms with Crippen LogP contribution < -0.4 is 9.47 Å². The molecule has 11 nitrogen and oxygen atoms in total. The van der Waals surface area contributed by atoms with Gasteiger partial charge in [0.2, 0.25) is 5.88 Å². The van der Waals surface area contributed by atoms with Crippen LogP contribution in [0.5, 0.6) is 11.6 Å². The van der Waals surface area contributed by atoms with Gasteiger partial charge in [0.15, 0.2) is 22.9 Å². The number of hydrogen-bond donors (Lipinski definition) is 0. The lowest BCUT2D eigenvalue weighted by molar-refractivity contribution is -0.0593. The van der Waals surface area contributed by atoms with E-state index in [1.54, 1.807) is 18.2 Å². The van der Waals surface area contributed by atoms with E-state index >= 15 is 0 Å². The maximum Gasteiger partial charge on any atom is 0.356 e. The second kappa shape index (κ2) is 12.7. The van der Waals surface area contributed by atoms with Crippen molar-refractivity contribution in [3.63, 3.8) is 0 Å². The Balaban J connectivity index is 1.06. The summed E-state index contributed by atoms with van der Waals surface area (Å²) < 4.78 is 38.5. The predicted octanol–water partition coefficient (Wildman–Crippen LogP) is 4.03. The molecule has 0 N–H and O–H groups in total. The highest BCUT2D eigenvalue weighted by Crippen LogP contribution is 2.24. The molecule has 6 rings (SSSR count). The number of benzene rings is 1. The Kier molecular flexibility index (Phi) is 8.44. The first-order valence-electron chi connectivity index (χ1n) is 14.2. The molecule has 3 aromatic heterocycles. The quantitative estimate of drug-likeness (QED) is 0.252. The zero-order chi connectivity index (χ0) is 29.8. The van der Waals surface area contributed by atoms with Crippen molar-refractivity contribution in [3.05, 3.63) is 77.1 Å². The highest BCUT2D eigenvalue weighted by Gasteiger charge is 2.26. The first kappa shape index (κ1) is 28.5. The number of ether oxygens (including phenoxy) is 4. The second-order valence-electron chi connectivity index (χ2n) is 10.6. The van der Waals surface area contributed by atoms with Gasteiger partial charge in [0, 0.05) is 25.8 Å². The van der Waals surface area contributed by atoms with Crippen molar-refractivity contribution in [2.24, 2.45) is 0 Å². The zero-order valence-corrected chi connectivity index (χ0v) is 23.7. The normalized spacial score (nSPS) is 17.3. The third kappa shape index (κ3) is 6.58. The van der Waals surface area contributed by atoms with E-state index in [2.05, 4.69) is 19.4 Å². The van der Waals surface area contributed by atoms with Crippen LogP contribution in [0.2, 0.25) is 0 Å². The molecule has 1 aromatic carbocycles. The van der Waals surface area contributed by atoms with Gasteiger partial charge in [-0.1, -0.05) is 6.07 Å². The molecule has 0 spiro atoms. The highest BCUT2D eigenvalue weighted by atomic mass is 19.1. The average molecular weight is 587 g/mol. The van der Waals surface area contributed by atoms with Gasteiger partial charge in [-0.2, -0.15) is 5.26 Å². The van der Waals surface area contributed by atoms with Crippen LogP contribution in [0.25, 0.3) is 11.2 Å². The Labute approximate surface area is 247 Å². The minimum absolute atomic E-state index is 0.00219. The SMILES string of the molecule is COC(=O)c1ccc2nc(CN3CCC(Oc4cccc(COc5ccc(C#N)cc5F)n4)CC3)n(C[C@@H]3CCO3)c2n1. The molecule has 12 heteroatoms. The lowest BCUT2D eigenvalue weighted by atomic mass is 10.1. The van der Waals surface area contributed by atoms with Crippen molar-refractivity contribution in [3.8, 4) is 17.7 Å². The molecule has 2 fully saturated rings. The zero-order valence-electron chi connectivity index (χ0n) is 23.7. The molecular formula is C31H31FN6O5. The number of piperidine rings is 1. The Hall–Kier alpha value is -4.60. The van der Waals surface area contributed by atoms with Crippen molar-refractivity contribution < 1.29 is 28.1 Å². The molecule has 43 heavy (non-hydrogen) atoms. The number of nitriles is 1. The van der Waals surface area contributed by atoms with Crippen LogP contribution in [0.4, 0.5) is 4.39 Å². The van der Waals surface area contributed by atoms with E-state index < -0.39 is 11.8 Å². The lowest BCUT2D eigenvalue weighted by Gasteiger charge is -2.32. The number of imidazole rings is 1. The fraction of sp³-hybridized carbons (Fsp3) is 0.387. The maximum absolute atomic E-state index is 14.2. The number of methoxy groups -OCH3 is 1. The van der Waals surface area contributed by atoms with Crippen molar-refractivity contribution in [1.29, 1.82) is 5.26 Å². The summed E-state index contributed by atoms with van der Waals surface area (Å²) in [7, 11) is 1.34. The van der Waals surface area contributed by atoms with Crippen LogP contribution in [-0.2, 0) is 29.2 Å². The molecule has 4 aromatic rings. The number of aromatic nitrogens is 4. The number of halogens is 1. The second-order valence-corrected chi connectivity index (χ2v) is 10.6. The number of fused-ring (bicyclic) bond motifs is 1. The number of esters is 1. The summed E-state index contributed by atoms with van der Waals surface area (Å²) in [6, 6.07) is 14.9. The maximum atomic E-state index is 14.2. The van der Waals surface area contributed by atoms with E-state index in [1.807, 2.05) is 18.2 Å². The van der Waals surface area contributed by atoms with Crippen molar-refractivity contribution >= 4 is 17.1 Å². The van der Waals surface area contributed by atoms with E-state index in [0.717, 1.165) is 56.4 Å². The molecule has 2 saturated heterocycles. The third-order valence-corrected chi connectivity index (χ3v) is 7.65. The van der Waals surface area contributed by atoms with Gasteiger partial charge >= 0.3 is 5.97 Å². The standard InChI is InChI=1S/C31H31FN6O5/c1-40-31(39)26-7-6-25-30(36-26)38(17-23-11-14-41-23)28(35-25)18-37-12-9-22(10-13-37)43-29-4-2-3-21(34-29)19-42-27-8-5-20(16-33)15-24(27)32/h2-8,15,22-23H,9-14,17-19H2,1H3/t23-/m0/s1. The van der Waals surface area contributed by atoms with Gasteiger partial charge < -0.3 is 23.5 Å². The summed E-state index contributed by atoms with van der Waals surface area (Å²) >= 11 is 0. The van der Waals surface area contributed by atoms with E-state index in [4.69, 9.17) is 29.2 Å². The van der Waals surface area contributed by atoms with Crippen molar-refractivity contribution in [2.45, 2.75) is 51.2 Å². The summed E-state index contributed by atoms with van der Waals surface area (Å²) in [6.45, 7) is 3.72. The molecule has 222 valence electrons. The molecule has 0 unspecified atom stereocenters. The van der Waals surface area contributed by atoms with Gasteiger partial charge in [-0.25, -0.2) is 24.1 Å². The minimum Gasteiger partial charge on any atom is -0.484 e. The van der Waals surface area contributed by atoms with Crippen molar-refractivity contribution in [1.82, 2.24) is 24.4 Å². The number of rotatable bonds is 10. The van der Waals surface area contributed by atoms with Crippen LogP contribution in [0, 0.1) is 17.1 Å². The summed E-state index contributed by atoms with van der Waals surface area (Å²) in [5.41, 5.74) is 2.48. The predicted molar refractivity (Wildman–Crippen MR) is 152 cm³/mol. The van der Waals surface area contributed by atoms with Gasteiger partial charge in [-0.15, -0.1) is 0 Å². The number of carbonyl (C=O) groups excluding carboxylic acids is 1. The average Bonchev–Trinajstić information content (AvgIpc) is 3.34. The van der Waals surface area contributed by atoms with Crippen LogP contribution in [0.15, 0.2) is 48.5 Å². The van der Waals surface area contributed by atoms with Crippen LogP contribution >= 0.6 is 0 Å². The molecule has 2 aliphatic rings. The fourth-order valence-electron chi connectivity index (χ4n) is 5.21. The summed E-state index contributed by atoms with van der Waals surface area (Å²) in [6.07, 6.45) is 2.72. The van der Waals surface area contributed by atoms with Crippen LogP contribution in [0.1, 0.15) is 46.8 Å². The van der Waals surface area contributed by atoms with E-state index in [1.165, 1.54) is 19.2 Å². The topological polar surface area (TPSA) is 125 Å². The first-order chi connectivity index (χ1) is 21.0. The lowest BCUT2D eigenvalue weighted by Crippen LogP contribution is -2.39. The van der Waals surface area contributed by atoms with Gasteiger partial charge in [0.25, 0.3) is 0 Å². The fourth-order valence-corrected chi connectivity index (χ4v) is 5.21. The molecule has 0 amide bonds. The van der Waals surface area contributed by atoms with Crippen molar-refractivity contribution in [2.75, 3.05) is 26.8 Å². The van der Waals surface area contributed by atoms with E-state index in [9.17, 15) is 9.18 Å².